The fourth-order valence-corrected chi connectivity index (χ4v) is 1.29. The van der Waals surface area contributed by atoms with Gasteiger partial charge in [0, 0.05) is 25.2 Å². The molecule has 0 saturated heterocycles. The van der Waals surface area contributed by atoms with E-state index in [0.717, 1.165) is 12.1 Å². The number of carbonyl (C=O) groups excluding carboxylic acids is 1. The van der Waals surface area contributed by atoms with Crippen LogP contribution in [-0.4, -0.2) is 18.7 Å². The monoisotopic (exact) mass is 231 g/mol. The lowest BCUT2D eigenvalue weighted by atomic mass is 10.2. The summed E-state index contributed by atoms with van der Waals surface area (Å²) in [5.74, 6) is -1.64. The molecule has 2 nitrogen and oxygen atoms in total. The molecule has 1 aromatic carbocycles. The first-order valence-corrected chi connectivity index (χ1v) is 5.02. The first-order valence-electron chi connectivity index (χ1n) is 4.38. The Morgan fingerprint density at radius 3 is 2.60 bits per heavy atom. The zero-order chi connectivity index (χ0) is 11.4. The maximum Gasteiger partial charge on any atom is 0.227 e. The number of benzene rings is 1. The lowest BCUT2D eigenvalue weighted by Gasteiger charge is -2.16. The minimum Gasteiger partial charge on any atom is -0.315 e. The Balaban J connectivity index is 2.86. The van der Waals surface area contributed by atoms with Gasteiger partial charge in [0.2, 0.25) is 5.91 Å². The van der Waals surface area contributed by atoms with Gasteiger partial charge in [0.05, 0.1) is 0 Å². The highest BCUT2D eigenvalue weighted by Crippen LogP contribution is 2.17. The van der Waals surface area contributed by atoms with Crippen LogP contribution in [0, 0.1) is 11.6 Å². The van der Waals surface area contributed by atoms with E-state index in [2.05, 4.69) is 12.6 Å². The molecule has 0 heterocycles. The number of rotatable bonds is 3. The van der Waals surface area contributed by atoms with Gasteiger partial charge in [0.15, 0.2) is 11.6 Å². The Morgan fingerprint density at radius 1 is 1.40 bits per heavy atom. The van der Waals surface area contributed by atoms with Crippen LogP contribution in [0.5, 0.6) is 0 Å². The Morgan fingerprint density at radius 2 is 2.07 bits per heavy atom. The van der Waals surface area contributed by atoms with Crippen LogP contribution in [0.25, 0.3) is 0 Å². The molecule has 0 N–H and O–H groups in total. The molecule has 0 bridgehead atoms. The highest BCUT2D eigenvalue weighted by atomic mass is 32.1. The summed E-state index contributed by atoms with van der Waals surface area (Å²) in [6, 6.07) is 3.34. The molecule has 0 atom stereocenters. The van der Waals surface area contributed by atoms with Crippen LogP contribution in [0.1, 0.15) is 6.42 Å². The van der Waals surface area contributed by atoms with Crippen molar-refractivity contribution in [1.82, 2.24) is 0 Å². The smallest absolute Gasteiger partial charge is 0.227 e. The molecule has 0 saturated carbocycles. The molecular weight excluding hydrogens is 220 g/mol. The fraction of sp³-hybridized carbons (Fsp3) is 0.300. The predicted octanol–water partition coefficient (Wildman–Crippen LogP) is 2.25. The first-order chi connectivity index (χ1) is 7.06. The van der Waals surface area contributed by atoms with Crippen molar-refractivity contribution < 1.29 is 13.6 Å². The molecule has 0 aliphatic rings. The molecule has 0 aliphatic carbocycles. The summed E-state index contributed by atoms with van der Waals surface area (Å²) in [4.78, 5) is 12.7. The normalized spacial score (nSPS) is 10.1. The highest BCUT2D eigenvalue weighted by molar-refractivity contribution is 7.80. The topological polar surface area (TPSA) is 20.3 Å². The minimum atomic E-state index is -0.960. The molecule has 1 rings (SSSR count). The molecule has 0 aromatic heterocycles. The summed E-state index contributed by atoms with van der Waals surface area (Å²) in [6.45, 7) is 0. The molecule has 0 aliphatic heterocycles. The molecule has 1 amide bonds. The molecule has 0 spiro atoms. The number of nitrogens with zero attached hydrogens (tertiary/aromatic N) is 1. The highest BCUT2D eigenvalue weighted by Gasteiger charge is 2.11. The number of hydrogen-bond acceptors (Lipinski definition) is 2. The second-order valence-electron chi connectivity index (χ2n) is 3.02. The molecule has 0 radical (unpaired) electrons. The van der Waals surface area contributed by atoms with Crippen molar-refractivity contribution in [3.8, 4) is 0 Å². The van der Waals surface area contributed by atoms with Crippen LogP contribution in [-0.2, 0) is 4.79 Å². The third kappa shape index (κ3) is 2.92. The van der Waals surface area contributed by atoms with E-state index in [1.165, 1.54) is 18.0 Å². The van der Waals surface area contributed by atoms with Crippen molar-refractivity contribution in [2.24, 2.45) is 0 Å². The summed E-state index contributed by atoms with van der Waals surface area (Å²) in [6.07, 6.45) is 0.263. The average molecular weight is 231 g/mol. The minimum absolute atomic E-state index is 0.184. The van der Waals surface area contributed by atoms with E-state index in [0.29, 0.717) is 11.4 Å². The van der Waals surface area contributed by atoms with Crippen molar-refractivity contribution in [3.05, 3.63) is 29.8 Å². The zero-order valence-electron chi connectivity index (χ0n) is 8.20. The third-order valence-corrected chi connectivity index (χ3v) is 2.21. The van der Waals surface area contributed by atoms with E-state index in [1.807, 2.05) is 0 Å². The molecule has 15 heavy (non-hydrogen) atoms. The fourth-order valence-electron chi connectivity index (χ4n) is 1.10. The quantitative estimate of drug-likeness (QED) is 0.791. The number of halogens is 2. The van der Waals surface area contributed by atoms with E-state index in [9.17, 15) is 13.6 Å². The Labute approximate surface area is 92.3 Å². The van der Waals surface area contributed by atoms with Gasteiger partial charge in [-0.2, -0.15) is 12.6 Å². The van der Waals surface area contributed by atoms with Crippen LogP contribution >= 0.6 is 12.6 Å². The van der Waals surface area contributed by atoms with Crippen molar-refractivity contribution in [2.75, 3.05) is 17.7 Å². The van der Waals surface area contributed by atoms with Crippen LogP contribution in [0.3, 0.4) is 0 Å². The van der Waals surface area contributed by atoms with Crippen LogP contribution in [0.15, 0.2) is 18.2 Å². The number of thiol groups is 1. The lowest BCUT2D eigenvalue weighted by molar-refractivity contribution is -0.117. The van der Waals surface area contributed by atoms with E-state index in [1.54, 1.807) is 0 Å². The number of anilines is 1. The second kappa shape index (κ2) is 5.11. The van der Waals surface area contributed by atoms with Gasteiger partial charge in [-0.25, -0.2) is 8.78 Å². The van der Waals surface area contributed by atoms with E-state index < -0.39 is 11.6 Å². The van der Waals surface area contributed by atoms with E-state index in [4.69, 9.17) is 0 Å². The Bertz CT molecular complexity index is 370. The van der Waals surface area contributed by atoms with Crippen LogP contribution in [0.2, 0.25) is 0 Å². The molecule has 0 fully saturated rings. The van der Waals surface area contributed by atoms with Gasteiger partial charge in [-0.05, 0) is 17.9 Å². The van der Waals surface area contributed by atoms with Gasteiger partial charge >= 0.3 is 0 Å². The first kappa shape index (κ1) is 12.0. The van der Waals surface area contributed by atoms with Crippen molar-refractivity contribution in [2.45, 2.75) is 6.42 Å². The summed E-state index contributed by atoms with van der Waals surface area (Å²) < 4.78 is 25.5. The molecule has 5 heteroatoms. The van der Waals surface area contributed by atoms with Crippen LogP contribution in [0.4, 0.5) is 14.5 Å². The van der Waals surface area contributed by atoms with Gasteiger partial charge < -0.3 is 4.90 Å². The lowest BCUT2D eigenvalue weighted by Crippen LogP contribution is -2.26. The standard InChI is InChI=1S/C10H11F2NOS/c1-13(10(14)4-5-15)7-2-3-8(11)9(12)6-7/h2-3,6,15H,4-5H2,1H3. The van der Waals surface area contributed by atoms with Gasteiger partial charge in [-0.15, -0.1) is 0 Å². The van der Waals surface area contributed by atoms with Crippen molar-refractivity contribution >= 4 is 24.2 Å². The zero-order valence-corrected chi connectivity index (χ0v) is 9.10. The van der Waals surface area contributed by atoms with Gasteiger partial charge in [0.25, 0.3) is 0 Å². The number of amides is 1. The van der Waals surface area contributed by atoms with Gasteiger partial charge in [-0.3, -0.25) is 4.79 Å². The molecular formula is C10H11F2NOS. The van der Waals surface area contributed by atoms with E-state index in [-0.39, 0.29) is 12.3 Å². The van der Waals surface area contributed by atoms with Gasteiger partial charge in [0.1, 0.15) is 0 Å². The maximum absolute atomic E-state index is 12.9. The van der Waals surface area contributed by atoms with Gasteiger partial charge in [-0.1, -0.05) is 0 Å². The second-order valence-corrected chi connectivity index (χ2v) is 3.47. The predicted molar refractivity (Wildman–Crippen MR) is 58.2 cm³/mol. The maximum atomic E-state index is 12.9. The Hall–Kier alpha value is -1.10. The SMILES string of the molecule is CN(C(=O)CCS)c1ccc(F)c(F)c1. The van der Waals surface area contributed by atoms with Crippen molar-refractivity contribution in [3.63, 3.8) is 0 Å². The van der Waals surface area contributed by atoms with E-state index >= 15 is 0 Å². The third-order valence-electron chi connectivity index (χ3n) is 1.99. The van der Waals surface area contributed by atoms with Crippen LogP contribution < -0.4 is 4.90 Å². The summed E-state index contributed by atoms with van der Waals surface area (Å²) in [5.41, 5.74) is 0.334. The summed E-state index contributed by atoms with van der Waals surface area (Å²) in [5, 5.41) is 0. The average Bonchev–Trinajstić information content (AvgIpc) is 2.21. The Kier molecular flexibility index (Phi) is 4.08. The summed E-state index contributed by atoms with van der Waals surface area (Å²) in [7, 11) is 1.51. The molecule has 1 aromatic rings. The largest absolute Gasteiger partial charge is 0.315 e. The molecule has 82 valence electrons. The van der Waals surface area contributed by atoms with Crippen molar-refractivity contribution in [1.29, 1.82) is 0 Å². The number of hydrogen-bond donors (Lipinski definition) is 1. The molecule has 0 unspecified atom stereocenters. The number of carbonyl (C=O) groups is 1. The summed E-state index contributed by atoms with van der Waals surface area (Å²) >= 11 is 3.92.